The van der Waals surface area contributed by atoms with Crippen molar-refractivity contribution in [3.8, 4) is 23.1 Å². The van der Waals surface area contributed by atoms with Crippen molar-refractivity contribution in [2.45, 2.75) is 11.8 Å². The quantitative estimate of drug-likeness (QED) is 0.332. The van der Waals surface area contributed by atoms with Crippen LogP contribution < -0.4 is 14.8 Å². The number of nitrogens with zero attached hydrogens (tertiary/aromatic N) is 3. The molecule has 4 rings (SSSR count). The molecule has 0 aliphatic heterocycles. The third-order valence-electron chi connectivity index (χ3n) is 4.64. The van der Waals surface area contributed by atoms with Crippen LogP contribution in [-0.4, -0.2) is 25.7 Å². The van der Waals surface area contributed by atoms with E-state index >= 15 is 0 Å². The summed E-state index contributed by atoms with van der Waals surface area (Å²) in [6.07, 6.45) is 1.54. The Hall–Kier alpha value is -4.14. The Morgan fingerprint density at radius 1 is 1.21 bits per heavy atom. The number of ether oxygens (including phenoxy) is 1. The maximum atomic E-state index is 12.5. The molecule has 2 aromatic heterocycles. The van der Waals surface area contributed by atoms with Crippen molar-refractivity contribution in [3.63, 3.8) is 0 Å². The lowest BCUT2D eigenvalue weighted by atomic mass is 10.1. The summed E-state index contributed by atoms with van der Waals surface area (Å²) in [5.41, 5.74) is 2.58. The number of hydrogen-bond donors (Lipinski definition) is 2. The number of nitrogens with one attached hydrogen (secondary N) is 2. The molecule has 2 heterocycles. The summed E-state index contributed by atoms with van der Waals surface area (Å²) in [6, 6.07) is 17.2. The van der Waals surface area contributed by atoms with E-state index in [2.05, 4.69) is 26.2 Å². The molecule has 0 atom stereocenters. The molecule has 0 aliphatic rings. The monoisotopic (exact) mass is 493 g/mol. The first kappa shape index (κ1) is 23.0. The predicted molar refractivity (Wildman–Crippen MR) is 130 cm³/mol. The SMILES string of the molecule is COc1cccc(-c2csc(/C(C#N)=C\Nc3ccc(S(=O)(=O)Nc4cc(C)on4)cc3)n2)c1. The number of sulfonamides is 1. The Labute approximate surface area is 200 Å². The molecule has 0 aliphatic carbocycles. The second-order valence-electron chi connectivity index (χ2n) is 7.04. The molecule has 0 saturated heterocycles. The minimum absolute atomic E-state index is 0.0612. The van der Waals surface area contributed by atoms with Gasteiger partial charge in [0.05, 0.1) is 17.7 Å². The van der Waals surface area contributed by atoms with Gasteiger partial charge in [-0.05, 0) is 43.3 Å². The number of rotatable bonds is 8. The zero-order chi connectivity index (χ0) is 24.1. The van der Waals surface area contributed by atoms with E-state index in [-0.39, 0.29) is 10.7 Å². The van der Waals surface area contributed by atoms with Gasteiger partial charge in [0.25, 0.3) is 10.0 Å². The topological polar surface area (TPSA) is 130 Å². The van der Waals surface area contributed by atoms with Crippen LogP contribution in [-0.2, 0) is 10.0 Å². The fourth-order valence-electron chi connectivity index (χ4n) is 2.95. The average molecular weight is 494 g/mol. The van der Waals surface area contributed by atoms with Gasteiger partial charge in [0.1, 0.15) is 28.2 Å². The average Bonchev–Trinajstić information content (AvgIpc) is 3.49. The molecule has 11 heteroatoms. The summed E-state index contributed by atoms with van der Waals surface area (Å²) in [7, 11) is -2.21. The van der Waals surface area contributed by atoms with Crippen molar-refractivity contribution in [3.05, 3.63) is 76.9 Å². The van der Waals surface area contributed by atoms with Gasteiger partial charge in [-0.2, -0.15) is 5.26 Å². The molecule has 172 valence electrons. The predicted octanol–water partition coefficient (Wildman–Crippen LogP) is 4.89. The lowest BCUT2D eigenvalue weighted by molar-refractivity contribution is 0.400. The van der Waals surface area contributed by atoms with Gasteiger partial charge in [-0.25, -0.2) is 13.4 Å². The van der Waals surface area contributed by atoms with E-state index < -0.39 is 10.0 Å². The zero-order valence-electron chi connectivity index (χ0n) is 18.1. The molecule has 0 spiro atoms. The van der Waals surface area contributed by atoms with Crippen LogP contribution in [0.3, 0.4) is 0 Å². The van der Waals surface area contributed by atoms with Crippen molar-refractivity contribution >= 4 is 38.4 Å². The summed E-state index contributed by atoms with van der Waals surface area (Å²) in [5, 5.41) is 18.7. The Bertz CT molecular complexity index is 1480. The molecule has 0 unspecified atom stereocenters. The minimum atomic E-state index is -3.81. The largest absolute Gasteiger partial charge is 0.497 e. The van der Waals surface area contributed by atoms with Crippen LogP contribution in [0.4, 0.5) is 11.5 Å². The molecule has 0 fully saturated rings. The third kappa shape index (κ3) is 5.25. The maximum Gasteiger partial charge on any atom is 0.263 e. The van der Waals surface area contributed by atoms with Gasteiger partial charge in [-0.1, -0.05) is 17.3 Å². The highest BCUT2D eigenvalue weighted by molar-refractivity contribution is 7.92. The van der Waals surface area contributed by atoms with E-state index in [1.54, 1.807) is 26.2 Å². The van der Waals surface area contributed by atoms with Crippen LogP contribution in [0.1, 0.15) is 10.8 Å². The highest BCUT2D eigenvalue weighted by Gasteiger charge is 2.16. The maximum absolute atomic E-state index is 12.5. The molecule has 2 N–H and O–H groups in total. The van der Waals surface area contributed by atoms with E-state index in [4.69, 9.17) is 9.26 Å². The van der Waals surface area contributed by atoms with E-state index in [0.717, 1.165) is 17.0 Å². The second-order valence-corrected chi connectivity index (χ2v) is 9.58. The van der Waals surface area contributed by atoms with Gasteiger partial charge in [0, 0.05) is 28.9 Å². The van der Waals surface area contributed by atoms with Gasteiger partial charge in [0.15, 0.2) is 5.82 Å². The number of allylic oxidation sites excluding steroid dienone is 1. The molecule has 0 saturated carbocycles. The van der Waals surface area contributed by atoms with Crippen molar-refractivity contribution < 1.29 is 17.7 Å². The first-order valence-corrected chi connectivity index (χ1v) is 12.3. The Morgan fingerprint density at radius 3 is 2.68 bits per heavy atom. The lowest BCUT2D eigenvalue weighted by Gasteiger charge is -2.06. The standard InChI is InChI=1S/C23H19N5O4S2/c1-15-10-22(27-32-15)28-34(29,30)20-8-6-18(7-9-20)25-13-17(12-24)23-26-21(14-33-23)16-4-3-5-19(11-16)31-2/h3-11,13-14,25H,1-2H3,(H,27,28)/b17-13-. The Balaban J connectivity index is 1.47. The first-order valence-electron chi connectivity index (χ1n) is 9.91. The molecule has 0 amide bonds. The molecule has 2 aromatic carbocycles. The van der Waals surface area contributed by atoms with Crippen LogP contribution in [0.5, 0.6) is 5.75 Å². The summed E-state index contributed by atoms with van der Waals surface area (Å²) >= 11 is 1.35. The van der Waals surface area contributed by atoms with Gasteiger partial charge in [-0.15, -0.1) is 11.3 Å². The van der Waals surface area contributed by atoms with Crippen LogP contribution in [0.25, 0.3) is 16.8 Å². The number of aryl methyl sites for hydroxylation is 1. The number of thiazole rings is 1. The third-order valence-corrected chi connectivity index (χ3v) is 6.88. The van der Waals surface area contributed by atoms with E-state index in [1.807, 2.05) is 29.6 Å². The minimum Gasteiger partial charge on any atom is -0.497 e. The summed E-state index contributed by atoms with van der Waals surface area (Å²) < 4.78 is 37.5. The van der Waals surface area contributed by atoms with Crippen molar-refractivity contribution in [2.75, 3.05) is 17.1 Å². The molecule has 34 heavy (non-hydrogen) atoms. The summed E-state index contributed by atoms with van der Waals surface area (Å²) in [5.74, 6) is 1.33. The smallest absolute Gasteiger partial charge is 0.263 e. The highest BCUT2D eigenvalue weighted by Crippen LogP contribution is 2.28. The molecular formula is C23H19N5O4S2. The first-order chi connectivity index (χ1) is 16.4. The molecule has 9 nitrogen and oxygen atoms in total. The molecule has 0 radical (unpaired) electrons. The zero-order valence-corrected chi connectivity index (χ0v) is 19.8. The van der Waals surface area contributed by atoms with Crippen LogP contribution in [0.2, 0.25) is 0 Å². The van der Waals surface area contributed by atoms with Crippen molar-refractivity contribution in [1.29, 1.82) is 5.26 Å². The number of hydrogen-bond acceptors (Lipinski definition) is 9. The molecular weight excluding hydrogens is 474 g/mol. The van der Waals surface area contributed by atoms with Crippen LogP contribution in [0, 0.1) is 18.3 Å². The normalized spacial score (nSPS) is 11.6. The number of nitriles is 1. The van der Waals surface area contributed by atoms with Crippen molar-refractivity contribution in [1.82, 2.24) is 10.1 Å². The van der Waals surface area contributed by atoms with Gasteiger partial charge in [-0.3, -0.25) is 4.72 Å². The molecule has 0 bridgehead atoms. The Kier molecular flexibility index (Phi) is 6.62. The van der Waals surface area contributed by atoms with E-state index in [1.165, 1.54) is 35.7 Å². The summed E-state index contributed by atoms with van der Waals surface area (Å²) in [4.78, 5) is 4.62. The highest BCUT2D eigenvalue weighted by atomic mass is 32.2. The van der Waals surface area contributed by atoms with Gasteiger partial charge >= 0.3 is 0 Å². The molecule has 4 aromatic rings. The number of aromatic nitrogens is 2. The number of methoxy groups -OCH3 is 1. The fraction of sp³-hybridized carbons (Fsp3) is 0.0870. The van der Waals surface area contributed by atoms with Gasteiger partial charge < -0.3 is 14.6 Å². The van der Waals surface area contributed by atoms with Crippen LogP contribution in [0.15, 0.2) is 75.6 Å². The van der Waals surface area contributed by atoms with E-state index in [9.17, 15) is 13.7 Å². The Morgan fingerprint density at radius 2 is 2.00 bits per heavy atom. The summed E-state index contributed by atoms with van der Waals surface area (Å²) in [6.45, 7) is 1.67. The fourth-order valence-corrected chi connectivity index (χ4v) is 4.73. The van der Waals surface area contributed by atoms with Gasteiger partial charge in [0.2, 0.25) is 0 Å². The van der Waals surface area contributed by atoms with Crippen LogP contribution >= 0.6 is 11.3 Å². The number of benzene rings is 2. The lowest BCUT2D eigenvalue weighted by Crippen LogP contribution is -2.13. The number of anilines is 2. The van der Waals surface area contributed by atoms with E-state index in [0.29, 0.717) is 22.0 Å². The second kappa shape index (κ2) is 9.78. The van der Waals surface area contributed by atoms with Crippen molar-refractivity contribution in [2.24, 2.45) is 0 Å².